The SMILES string of the molecule is CNC(=O)c1ccc(CNS(=O)(=O)c2ccc(-c3c(C)noc3C)s2)o1. The van der Waals surface area contributed by atoms with Crippen LogP contribution in [-0.4, -0.2) is 26.5 Å². The molecule has 3 heterocycles. The number of carbonyl (C=O) groups excluding carboxylic acids is 1. The summed E-state index contributed by atoms with van der Waals surface area (Å²) in [7, 11) is -2.23. The lowest BCUT2D eigenvalue weighted by Crippen LogP contribution is -2.22. The number of aromatic nitrogens is 1. The number of thiophene rings is 1. The Kier molecular flexibility index (Phi) is 4.99. The van der Waals surface area contributed by atoms with E-state index in [1.165, 1.54) is 19.2 Å². The van der Waals surface area contributed by atoms with E-state index in [-0.39, 0.29) is 22.4 Å². The molecule has 138 valence electrons. The molecule has 10 heteroatoms. The molecule has 0 unspecified atom stereocenters. The van der Waals surface area contributed by atoms with Gasteiger partial charge in [0.05, 0.1) is 17.8 Å². The zero-order chi connectivity index (χ0) is 18.9. The van der Waals surface area contributed by atoms with Crippen molar-refractivity contribution in [2.75, 3.05) is 7.05 Å². The van der Waals surface area contributed by atoms with Gasteiger partial charge < -0.3 is 14.3 Å². The molecule has 0 aliphatic rings. The van der Waals surface area contributed by atoms with E-state index < -0.39 is 10.0 Å². The third-order valence-corrected chi connectivity index (χ3v) is 6.67. The zero-order valence-electron chi connectivity index (χ0n) is 14.3. The molecule has 0 fully saturated rings. The molecule has 3 aromatic rings. The first-order chi connectivity index (χ1) is 12.3. The minimum Gasteiger partial charge on any atom is -0.455 e. The van der Waals surface area contributed by atoms with E-state index in [0.29, 0.717) is 17.2 Å². The van der Waals surface area contributed by atoms with Gasteiger partial charge in [0.15, 0.2) is 5.76 Å². The fourth-order valence-corrected chi connectivity index (χ4v) is 4.88. The molecule has 3 rings (SSSR count). The fraction of sp³-hybridized carbons (Fsp3) is 0.250. The molecule has 2 N–H and O–H groups in total. The van der Waals surface area contributed by atoms with Crippen LogP contribution < -0.4 is 10.0 Å². The summed E-state index contributed by atoms with van der Waals surface area (Å²) >= 11 is 1.13. The van der Waals surface area contributed by atoms with E-state index in [2.05, 4.69) is 15.2 Å². The number of amides is 1. The first-order valence-electron chi connectivity index (χ1n) is 7.65. The van der Waals surface area contributed by atoms with Gasteiger partial charge in [0.2, 0.25) is 10.0 Å². The maximum atomic E-state index is 12.5. The Balaban J connectivity index is 1.75. The Hall–Kier alpha value is -2.43. The van der Waals surface area contributed by atoms with Crippen LogP contribution in [0, 0.1) is 13.8 Å². The normalized spacial score (nSPS) is 11.7. The van der Waals surface area contributed by atoms with E-state index in [1.807, 2.05) is 0 Å². The van der Waals surface area contributed by atoms with Gasteiger partial charge in [0.1, 0.15) is 15.7 Å². The Morgan fingerprint density at radius 3 is 2.65 bits per heavy atom. The quantitative estimate of drug-likeness (QED) is 0.663. The number of carbonyl (C=O) groups is 1. The van der Waals surface area contributed by atoms with Gasteiger partial charge in [-0.3, -0.25) is 4.79 Å². The standard InChI is InChI=1S/C16H17N3O5S2/c1-9-15(10(2)24-19-9)13-6-7-14(25-13)26(21,22)18-8-11-4-5-12(23-11)16(20)17-3/h4-7,18H,8H2,1-3H3,(H,17,20). The van der Waals surface area contributed by atoms with Crippen LogP contribution in [0.4, 0.5) is 0 Å². The van der Waals surface area contributed by atoms with Gasteiger partial charge in [0, 0.05) is 11.9 Å². The number of nitrogens with zero attached hydrogens (tertiary/aromatic N) is 1. The van der Waals surface area contributed by atoms with Crippen molar-refractivity contribution < 1.29 is 22.2 Å². The zero-order valence-corrected chi connectivity index (χ0v) is 16.0. The second kappa shape index (κ2) is 7.06. The molecular formula is C16H17N3O5S2. The lowest BCUT2D eigenvalue weighted by molar-refractivity contribution is 0.0934. The smallest absolute Gasteiger partial charge is 0.286 e. The lowest BCUT2D eigenvalue weighted by atomic mass is 10.2. The van der Waals surface area contributed by atoms with Crippen LogP contribution in [0.15, 0.2) is 37.4 Å². The second-order valence-corrected chi connectivity index (χ2v) is 8.57. The van der Waals surface area contributed by atoms with Gasteiger partial charge in [0.25, 0.3) is 5.91 Å². The van der Waals surface area contributed by atoms with Crippen LogP contribution >= 0.6 is 11.3 Å². The van der Waals surface area contributed by atoms with E-state index in [1.54, 1.807) is 26.0 Å². The highest BCUT2D eigenvalue weighted by molar-refractivity contribution is 7.91. The van der Waals surface area contributed by atoms with Crippen molar-refractivity contribution in [2.45, 2.75) is 24.6 Å². The fourth-order valence-electron chi connectivity index (χ4n) is 2.39. The molecule has 0 spiro atoms. The predicted molar refractivity (Wildman–Crippen MR) is 95.4 cm³/mol. The molecule has 0 saturated carbocycles. The largest absolute Gasteiger partial charge is 0.455 e. The van der Waals surface area contributed by atoms with Crippen molar-refractivity contribution >= 4 is 27.3 Å². The first kappa shape index (κ1) is 18.4. The number of furan rings is 1. The number of aryl methyl sites for hydroxylation is 2. The van der Waals surface area contributed by atoms with Crippen LogP contribution in [0.2, 0.25) is 0 Å². The summed E-state index contributed by atoms with van der Waals surface area (Å²) in [6, 6.07) is 6.30. The van der Waals surface area contributed by atoms with Crippen molar-refractivity contribution in [3.8, 4) is 10.4 Å². The van der Waals surface area contributed by atoms with Gasteiger partial charge in [-0.15, -0.1) is 11.3 Å². The Morgan fingerprint density at radius 2 is 2.00 bits per heavy atom. The molecule has 0 aliphatic heterocycles. The number of nitrogens with one attached hydrogen (secondary N) is 2. The van der Waals surface area contributed by atoms with Crippen molar-refractivity contribution in [1.29, 1.82) is 0 Å². The van der Waals surface area contributed by atoms with E-state index in [9.17, 15) is 13.2 Å². The van der Waals surface area contributed by atoms with Crippen LogP contribution in [0.1, 0.15) is 27.8 Å². The van der Waals surface area contributed by atoms with E-state index >= 15 is 0 Å². The molecule has 0 bridgehead atoms. The van der Waals surface area contributed by atoms with Crippen LogP contribution in [-0.2, 0) is 16.6 Å². The Bertz CT molecular complexity index is 1030. The molecule has 0 aliphatic carbocycles. The van der Waals surface area contributed by atoms with E-state index in [4.69, 9.17) is 8.94 Å². The molecule has 26 heavy (non-hydrogen) atoms. The summed E-state index contributed by atoms with van der Waals surface area (Å²) in [5.74, 6) is 0.730. The van der Waals surface area contributed by atoms with Gasteiger partial charge >= 0.3 is 0 Å². The van der Waals surface area contributed by atoms with Gasteiger partial charge in [-0.1, -0.05) is 5.16 Å². The second-order valence-electron chi connectivity index (χ2n) is 5.49. The van der Waals surface area contributed by atoms with Crippen LogP contribution in [0.25, 0.3) is 10.4 Å². The maximum Gasteiger partial charge on any atom is 0.286 e. The number of sulfonamides is 1. The molecule has 3 aromatic heterocycles. The number of rotatable bonds is 6. The highest BCUT2D eigenvalue weighted by atomic mass is 32.2. The molecule has 0 atom stereocenters. The van der Waals surface area contributed by atoms with Crippen molar-refractivity contribution in [3.05, 3.63) is 47.2 Å². The van der Waals surface area contributed by atoms with Crippen LogP contribution in [0.3, 0.4) is 0 Å². The highest BCUT2D eigenvalue weighted by Gasteiger charge is 2.21. The summed E-state index contributed by atoms with van der Waals surface area (Å²) in [5, 5.41) is 6.32. The van der Waals surface area contributed by atoms with Crippen molar-refractivity contribution in [1.82, 2.24) is 15.2 Å². The van der Waals surface area contributed by atoms with Gasteiger partial charge in [-0.05, 0) is 38.1 Å². The first-order valence-corrected chi connectivity index (χ1v) is 9.95. The number of hydrogen-bond donors (Lipinski definition) is 2. The predicted octanol–water partition coefficient (Wildman–Crippen LogP) is 2.45. The Labute approximate surface area is 154 Å². The highest BCUT2D eigenvalue weighted by Crippen LogP contribution is 2.34. The minimum absolute atomic E-state index is 0.0577. The van der Waals surface area contributed by atoms with Crippen molar-refractivity contribution in [3.63, 3.8) is 0 Å². The molecule has 0 radical (unpaired) electrons. The topological polar surface area (TPSA) is 114 Å². The summed E-state index contributed by atoms with van der Waals surface area (Å²) in [6.07, 6.45) is 0. The summed E-state index contributed by atoms with van der Waals surface area (Å²) in [4.78, 5) is 12.2. The van der Waals surface area contributed by atoms with Crippen molar-refractivity contribution in [2.24, 2.45) is 0 Å². The van der Waals surface area contributed by atoms with Gasteiger partial charge in [-0.2, -0.15) is 0 Å². The molecular weight excluding hydrogens is 378 g/mol. The molecule has 1 amide bonds. The van der Waals surface area contributed by atoms with Crippen LogP contribution in [0.5, 0.6) is 0 Å². The van der Waals surface area contributed by atoms with Gasteiger partial charge in [-0.25, -0.2) is 13.1 Å². The number of hydrogen-bond acceptors (Lipinski definition) is 7. The summed E-state index contributed by atoms with van der Waals surface area (Å²) in [5.41, 5.74) is 1.51. The molecule has 0 aromatic carbocycles. The summed E-state index contributed by atoms with van der Waals surface area (Å²) < 4.78 is 38.1. The molecule has 8 nitrogen and oxygen atoms in total. The molecule has 0 saturated heterocycles. The Morgan fingerprint density at radius 1 is 1.23 bits per heavy atom. The average molecular weight is 395 g/mol. The minimum atomic E-state index is -3.71. The maximum absolute atomic E-state index is 12.5. The third-order valence-electron chi connectivity index (χ3n) is 3.67. The summed E-state index contributed by atoms with van der Waals surface area (Å²) in [6.45, 7) is 3.53. The lowest BCUT2D eigenvalue weighted by Gasteiger charge is -2.02. The monoisotopic (exact) mass is 395 g/mol. The average Bonchev–Trinajstić information content (AvgIpc) is 3.33. The van der Waals surface area contributed by atoms with E-state index in [0.717, 1.165) is 21.8 Å². The third kappa shape index (κ3) is 3.57.